The van der Waals surface area contributed by atoms with E-state index in [0.717, 1.165) is 30.0 Å². The third-order valence-corrected chi connectivity index (χ3v) is 2.56. The minimum atomic E-state index is -0.328. The van der Waals surface area contributed by atoms with E-state index in [9.17, 15) is 5.11 Å². The molecule has 0 aliphatic heterocycles. The van der Waals surface area contributed by atoms with E-state index in [-0.39, 0.29) is 6.10 Å². The predicted molar refractivity (Wildman–Crippen MR) is 62.6 cm³/mol. The van der Waals surface area contributed by atoms with E-state index in [1.54, 1.807) is 6.20 Å². The molecule has 84 valence electrons. The van der Waals surface area contributed by atoms with Crippen LogP contribution in [0.5, 0.6) is 0 Å². The Labute approximate surface area is 92.4 Å². The number of aryl methyl sites for hydroxylation is 1. The number of hydrogen-bond donors (Lipinski definition) is 1. The Balaban J connectivity index is 2.43. The quantitative estimate of drug-likeness (QED) is 0.804. The van der Waals surface area contributed by atoms with Gasteiger partial charge >= 0.3 is 0 Å². The van der Waals surface area contributed by atoms with Crippen LogP contribution in [0, 0.1) is 12.8 Å². The summed E-state index contributed by atoms with van der Waals surface area (Å²) in [7, 11) is 0. The molecule has 0 spiro atoms. The number of hydrogen-bond acceptors (Lipinski definition) is 2. The van der Waals surface area contributed by atoms with E-state index in [2.05, 4.69) is 18.8 Å². The van der Waals surface area contributed by atoms with Crippen LogP contribution in [-0.2, 0) is 0 Å². The lowest BCUT2D eigenvalue weighted by Crippen LogP contribution is -1.99. The van der Waals surface area contributed by atoms with Crippen molar-refractivity contribution in [3.8, 4) is 0 Å². The lowest BCUT2D eigenvalue weighted by molar-refractivity contribution is 0.162. The van der Waals surface area contributed by atoms with Crippen molar-refractivity contribution in [2.75, 3.05) is 0 Å². The molecule has 15 heavy (non-hydrogen) atoms. The normalized spacial score (nSPS) is 13.1. The van der Waals surface area contributed by atoms with Crippen LogP contribution in [-0.4, -0.2) is 10.1 Å². The molecule has 1 aromatic heterocycles. The van der Waals surface area contributed by atoms with Gasteiger partial charge in [-0.2, -0.15) is 0 Å². The number of pyridine rings is 1. The molecule has 0 radical (unpaired) electrons. The molecule has 0 saturated heterocycles. The van der Waals surface area contributed by atoms with Crippen molar-refractivity contribution in [3.05, 3.63) is 29.6 Å². The molecule has 2 heteroatoms. The van der Waals surface area contributed by atoms with Crippen LogP contribution in [0.4, 0.5) is 0 Å². The molecule has 0 aliphatic carbocycles. The minimum Gasteiger partial charge on any atom is -0.388 e. The third kappa shape index (κ3) is 4.43. The third-order valence-electron chi connectivity index (χ3n) is 2.56. The molecular formula is C13H21NO. The van der Waals surface area contributed by atoms with Crippen LogP contribution < -0.4 is 0 Å². The topological polar surface area (TPSA) is 33.1 Å². The molecule has 0 bridgehead atoms. The molecule has 2 nitrogen and oxygen atoms in total. The van der Waals surface area contributed by atoms with Crippen LogP contribution in [0.3, 0.4) is 0 Å². The Morgan fingerprint density at radius 3 is 2.67 bits per heavy atom. The number of aliphatic hydroxyl groups is 1. The van der Waals surface area contributed by atoms with Gasteiger partial charge < -0.3 is 5.11 Å². The molecule has 0 amide bonds. The van der Waals surface area contributed by atoms with Gasteiger partial charge in [0.05, 0.1) is 6.10 Å². The molecule has 0 aliphatic rings. The zero-order chi connectivity index (χ0) is 11.3. The van der Waals surface area contributed by atoms with Crippen molar-refractivity contribution >= 4 is 0 Å². The first kappa shape index (κ1) is 12.2. The van der Waals surface area contributed by atoms with Crippen molar-refractivity contribution in [1.29, 1.82) is 0 Å². The van der Waals surface area contributed by atoms with Crippen LogP contribution in [0.1, 0.15) is 50.5 Å². The van der Waals surface area contributed by atoms with E-state index in [1.165, 1.54) is 6.42 Å². The van der Waals surface area contributed by atoms with Gasteiger partial charge in [0.25, 0.3) is 0 Å². The highest BCUT2D eigenvalue weighted by atomic mass is 16.3. The van der Waals surface area contributed by atoms with Gasteiger partial charge in [-0.25, -0.2) is 0 Å². The lowest BCUT2D eigenvalue weighted by atomic mass is 10.0. The zero-order valence-corrected chi connectivity index (χ0v) is 9.90. The Hall–Kier alpha value is -0.890. The Morgan fingerprint density at radius 1 is 1.33 bits per heavy atom. The standard InChI is InChI=1S/C13H21NO/c1-10(2)5-4-6-13(15)12-7-8-14-11(3)9-12/h7-10,13,15H,4-6H2,1-3H3. The largest absolute Gasteiger partial charge is 0.388 e. The monoisotopic (exact) mass is 207 g/mol. The van der Waals surface area contributed by atoms with Crippen molar-refractivity contribution in [2.24, 2.45) is 5.92 Å². The highest BCUT2D eigenvalue weighted by Crippen LogP contribution is 2.20. The second-order valence-electron chi connectivity index (χ2n) is 4.57. The SMILES string of the molecule is Cc1cc(C(O)CCCC(C)C)ccn1. The maximum absolute atomic E-state index is 9.93. The molecule has 1 unspecified atom stereocenters. The summed E-state index contributed by atoms with van der Waals surface area (Å²) in [4.78, 5) is 4.12. The van der Waals surface area contributed by atoms with E-state index < -0.39 is 0 Å². The van der Waals surface area contributed by atoms with Crippen molar-refractivity contribution < 1.29 is 5.11 Å². The Kier molecular flexibility index (Phi) is 4.76. The summed E-state index contributed by atoms with van der Waals surface area (Å²) < 4.78 is 0. The van der Waals surface area contributed by atoms with Crippen LogP contribution >= 0.6 is 0 Å². The van der Waals surface area contributed by atoms with Gasteiger partial charge in [0, 0.05) is 11.9 Å². The zero-order valence-electron chi connectivity index (χ0n) is 9.90. The van der Waals surface area contributed by atoms with Gasteiger partial charge in [-0.15, -0.1) is 0 Å². The van der Waals surface area contributed by atoms with Gasteiger partial charge in [-0.05, 0) is 37.0 Å². The predicted octanol–water partition coefficient (Wildman–Crippen LogP) is 3.25. The van der Waals surface area contributed by atoms with E-state index in [1.807, 2.05) is 19.1 Å². The summed E-state index contributed by atoms with van der Waals surface area (Å²) in [6.45, 7) is 6.37. The fourth-order valence-corrected chi connectivity index (χ4v) is 1.66. The van der Waals surface area contributed by atoms with E-state index >= 15 is 0 Å². The van der Waals surface area contributed by atoms with Gasteiger partial charge in [0.1, 0.15) is 0 Å². The van der Waals surface area contributed by atoms with Gasteiger partial charge in [0.2, 0.25) is 0 Å². The number of aromatic nitrogens is 1. The Bertz CT molecular complexity index is 296. The second kappa shape index (κ2) is 5.86. The molecule has 1 rings (SSSR count). The fraction of sp³-hybridized carbons (Fsp3) is 0.615. The van der Waals surface area contributed by atoms with Crippen molar-refractivity contribution in [3.63, 3.8) is 0 Å². The number of nitrogens with zero attached hydrogens (tertiary/aromatic N) is 1. The average molecular weight is 207 g/mol. The van der Waals surface area contributed by atoms with Gasteiger partial charge in [0.15, 0.2) is 0 Å². The molecule has 1 aromatic rings. The van der Waals surface area contributed by atoms with Crippen molar-refractivity contribution in [1.82, 2.24) is 4.98 Å². The number of aliphatic hydroxyl groups excluding tert-OH is 1. The first-order valence-corrected chi connectivity index (χ1v) is 5.70. The maximum atomic E-state index is 9.93. The lowest BCUT2D eigenvalue weighted by Gasteiger charge is -2.12. The molecule has 1 N–H and O–H groups in total. The fourth-order valence-electron chi connectivity index (χ4n) is 1.66. The van der Waals surface area contributed by atoms with Gasteiger partial charge in [-0.1, -0.05) is 26.7 Å². The first-order valence-electron chi connectivity index (χ1n) is 5.70. The first-order chi connectivity index (χ1) is 7.09. The molecule has 0 aromatic carbocycles. The van der Waals surface area contributed by atoms with E-state index in [0.29, 0.717) is 0 Å². The van der Waals surface area contributed by atoms with Crippen LogP contribution in [0.15, 0.2) is 18.3 Å². The number of rotatable bonds is 5. The molecule has 1 heterocycles. The smallest absolute Gasteiger partial charge is 0.0791 e. The van der Waals surface area contributed by atoms with Crippen molar-refractivity contribution in [2.45, 2.75) is 46.1 Å². The maximum Gasteiger partial charge on any atom is 0.0791 e. The summed E-state index contributed by atoms with van der Waals surface area (Å²) >= 11 is 0. The summed E-state index contributed by atoms with van der Waals surface area (Å²) in [6.07, 6.45) is 4.55. The molecule has 1 atom stereocenters. The highest BCUT2D eigenvalue weighted by Gasteiger charge is 2.07. The molecule has 0 saturated carbocycles. The Morgan fingerprint density at radius 2 is 2.07 bits per heavy atom. The van der Waals surface area contributed by atoms with Crippen LogP contribution in [0.2, 0.25) is 0 Å². The summed E-state index contributed by atoms with van der Waals surface area (Å²) in [5, 5.41) is 9.93. The van der Waals surface area contributed by atoms with Crippen LogP contribution in [0.25, 0.3) is 0 Å². The highest BCUT2D eigenvalue weighted by molar-refractivity contribution is 5.17. The van der Waals surface area contributed by atoms with Gasteiger partial charge in [-0.3, -0.25) is 4.98 Å². The summed E-state index contributed by atoms with van der Waals surface area (Å²) in [5.41, 5.74) is 1.96. The molecular weight excluding hydrogens is 186 g/mol. The summed E-state index contributed by atoms with van der Waals surface area (Å²) in [5.74, 6) is 0.719. The average Bonchev–Trinajstić information content (AvgIpc) is 2.17. The minimum absolute atomic E-state index is 0.328. The van der Waals surface area contributed by atoms with E-state index in [4.69, 9.17) is 0 Å². The molecule has 0 fully saturated rings. The second-order valence-corrected chi connectivity index (χ2v) is 4.57. The summed E-state index contributed by atoms with van der Waals surface area (Å²) in [6, 6.07) is 3.85.